The van der Waals surface area contributed by atoms with Crippen LogP contribution in [0.25, 0.3) is 0 Å². The molecule has 5 rings (SSSR count). The van der Waals surface area contributed by atoms with E-state index in [0.29, 0.717) is 22.8 Å². The Bertz CT molecular complexity index is 701. The average molecular weight is 396 g/mol. The van der Waals surface area contributed by atoms with E-state index < -0.39 is 0 Å². The highest BCUT2D eigenvalue weighted by molar-refractivity contribution is 8.20. The summed E-state index contributed by atoms with van der Waals surface area (Å²) in [6, 6.07) is 8.41. The maximum Gasteiger partial charge on any atom is 0.256 e. The molecule has 4 heterocycles. The van der Waals surface area contributed by atoms with Crippen LogP contribution in [0.2, 0.25) is 5.02 Å². The number of halogens is 1. The van der Waals surface area contributed by atoms with Gasteiger partial charge in [-0.2, -0.15) is 0 Å². The monoisotopic (exact) mass is 395 g/mol. The van der Waals surface area contributed by atoms with Crippen LogP contribution < -0.4 is 11.1 Å². The van der Waals surface area contributed by atoms with Crippen LogP contribution >= 0.6 is 35.1 Å². The zero-order chi connectivity index (χ0) is 17.6. The SMILES string of the molecule is C[C@H]1[C@H](C2(Sc3ccc(Cl)cc3)NC=C(C(N)=O)S2)C2CCN1CC2. The number of hydrogen-bond donors (Lipinski definition) is 2. The van der Waals surface area contributed by atoms with Crippen LogP contribution in [0.3, 0.4) is 0 Å². The number of thioether (sulfide) groups is 2. The van der Waals surface area contributed by atoms with E-state index in [1.165, 1.54) is 25.9 Å². The maximum absolute atomic E-state index is 11.8. The predicted molar refractivity (Wildman–Crippen MR) is 105 cm³/mol. The van der Waals surface area contributed by atoms with Crippen LogP contribution in [-0.2, 0) is 4.79 Å². The fraction of sp³-hybridized carbons (Fsp3) is 0.500. The fourth-order valence-corrected chi connectivity index (χ4v) is 7.71. The zero-order valence-corrected chi connectivity index (χ0v) is 16.5. The lowest BCUT2D eigenvalue weighted by molar-refractivity contribution is -0.113. The number of nitrogens with zero attached hydrogens (tertiary/aromatic N) is 1. The maximum atomic E-state index is 11.8. The van der Waals surface area contributed by atoms with Crippen LogP contribution in [0.1, 0.15) is 19.8 Å². The van der Waals surface area contributed by atoms with E-state index in [1.54, 1.807) is 29.7 Å². The zero-order valence-electron chi connectivity index (χ0n) is 14.1. The fourth-order valence-electron chi connectivity index (χ4n) is 4.40. The van der Waals surface area contributed by atoms with E-state index in [9.17, 15) is 4.79 Å². The van der Waals surface area contributed by atoms with Gasteiger partial charge in [0.15, 0.2) is 0 Å². The molecule has 4 nitrogen and oxygen atoms in total. The Morgan fingerprint density at radius 1 is 1.36 bits per heavy atom. The van der Waals surface area contributed by atoms with Crippen molar-refractivity contribution in [3.05, 3.63) is 40.4 Å². The molecule has 3 fully saturated rings. The normalized spacial score (nSPS) is 36.8. The van der Waals surface area contributed by atoms with Crippen LogP contribution in [0, 0.1) is 11.8 Å². The molecule has 1 unspecified atom stereocenters. The lowest BCUT2D eigenvalue weighted by Crippen LogP contribution is -2.61. The Hall–Kier alpha value is -0.820. The Labute approximate surface area is 161 Å². The van der Waals surface area contributed by atoms with E-state index in [-0.39, 0.29) is 10.1 Å². The number of nitrogens with two attached hydrogens (primary N) is 1. The van der Waals surface area contributed by atoms with Gasteiger partial charge in [0.1, 0.15) is 4.20 Å². The first-order chi connectivity index (χ1) is 12.0. The van der Waals surface area contributed by atoms with Gasteiger partial charge in [0.05, 0.1) is 4.91 Å². The first-order valence-electron chi connectivity index (χ1n) is 8.64. The number of nitrogens with one attached hydrogen (secondary N) is 1. The molecule has 0 aromatic heterocycles. The van der Waals surface area contributed by atoms with Gasteiger partial charge in [-0.15, -0.1) is 0 Å². The molecule has 7 heteroatoms. The van der Waals surface area contributed by atoms with Crippen molar-refractivity contribution in [3.63, 3.8) is 0 Å². The third-order valence-electron chi connectivity index (χ3n) is 5.61. The predicted octanol–water partition coefficient (Wildman–Crippen LogP) is 3.48. The van der Waals surface area contributed by atoms with Gasteiger partial charge >= 0.3 is 0 Å². The molecular weight excluding hydrogens is 374 g/mol. The van der Waals surface area contributed by atoms with Crippen LogP contribution in [-0.4, -0.2) is 34.1 Å². The number of fused-ring (bicyclic) bond motifs is 3. The van der Waals surface area contributed by atoms with E-state index in [1.807, 2.05) is 24.3 Å². The highest BCUT2D eigenvalue weighted by Gasteiger charge is 2.54. The van der Waals surface area contributed by atoms with Crippen molar-refractivity contribution in [2.24, 2.45) is 17.6 Å². The molecule has 3 saturated heterocycles. The molecule has 2 bridgehead atoms. The number of primary amides is 1. The lowest BCUT2D eigenvalue weighted by atomic mass is 9.74. The first-order valence-corrected chi connectivity index (χ1v) is 10.6. The lowest BCUT2D eigenvalue weighted by Gasteiger charge is -2.55. The van der Waals surface area contributed by atoms with Gasteiger partial charge in [-0.3, -0.25) is 4.79 Å². The largest absolute Gasteiger partial charge is 0.366 e. The summed E-state index contributed by atoms with van der Waals surface area (Å²) in [5.41, 5.74) is 5.57. The van der Waals surface area contributed by atoms with Crippen LogP contribution in [0.15, 0.2) is 40.3 Å². The second kappa shape index (κ2) is 6.72. The molecule has 0 spiro atoms. The van der Waals surface area contributed by atoms with Gasteiger partial charge < -0.3 is 16.0 Å². The van der Waals surface area contributed by atoms with Crippen molar-refractivity contribution in [2.75, 3.05) is 13.1 Å². The summed E-state index contributed by atoms with van der Waals surface area (Å²) < 4.78 is -0.304. The first kappa shape index (κ1) is 17.6. The minimum atomic E-state index is -0.356. The topological polar surface area (TPSA) is 58.4 Å². The van der Waals surface area contributed by atoms with Crippen LogP contribution in [0.4, 0.5) is 0 Å². The van der Waals surface area contributed by atoms with Gasteiger partial charge in [0.25, 0.3) is 5.91 Å². The molecule has 0 radical (unpaired) electrons. The number of carbonyl (C=O) groups is 1. The summed E-state index contributed by atoms with van der Waals surface area (Å²) in [6.45, 7) is 4.69. The molecule has 134 valence electrons. The van der Waals surface area contributed by atoms with E-state index >= 15 is 0 Å². The van der Waals surface area contributed by atoms with Gasteiger partial charge in [0, 0.05) is 28.1 Å². The highest BCUT2D eigenvalue weighted by Crippen LogP contribution is 2.57. The van der Waals surface area contributed by atoms with E-state index in [4.69, 9.17) is 17.3 Å². The molecule has 25 heavy (non-hydrogen) atoms. The van der Waals surface area contributed by atoms with Crippen molar-refractivity contribution >= 4 is 41.0 Å². The number of carbonyl (C=O) groups excluding carboxylic acids is 1. The molecule has 1 amide bonds. The molecule has 1 aromatic rings. The quantitative estimate of drug-likeness (QED) is 0.817. The van der Waals surface area contributed by atoms with Crippen molar-refractivity contribution in [3.8, 4) is 0 Å². The smallest absolute Gasteiger partial charge is 0.256 e. The average Bonchev–Trinajstić information content (AvgIpc) is 3.03. The number of benzene rings is 1. The standard InChI is InChI=1S/C18H22ClN3OS2/c1-11-16(12-6-8-22(11)9-7-12)18(21-10-15(25-18)17(20)23)24-14-4-2-13(19)3-5-14/h2-5,10-12,16,21H,6-9H2,1H3,(H2,20,23)/t11-,16-,18?/m0/s1. The number of hydrogen-bond acceptors (Lipinski definition) is 5. The van der Waals surface area contributed by atoms with Gasteiger partial charge in [-0.25, -0.2) is 0 Å². The van der Waals surface area contributed by atoms with Gasteiger partial charge in [-0.1, -0.05) is 35.1 Å². The molecule has 4 aliphatic rings. The summed E-state index contributed by atoms with van der Waals surface area (Å²) in [7, 11) is 0. The molecule has 0 saturated carbocycles. The van der Waals surface area contributed by atoms with Gasteiger partial charge in [0.2, 0.25) is 0 Å². The molecular formula is C18H22ClN3OS2. The summed E-state index contributed by atoms with van der Waals surface area (Å²) >= 11 is 9.42. The summed E-state index contributed by atoms with van der Waals surface area (Å²) in [6.07, 6.45) is 4.26. The Morgan fingerprint density at radius 2 is 2.04 bits per heavy atom. The third kappa shape index (κ3) is 3.18. The van der Waals surface area contributed by atoms with E-state index in [2.05, 4.69) is 17.1 Å². The van der Waals surface area contributed by atoms with Crippen molar-refractivity contribution in [2.45, 2.75) is 34.9 Å². The minimum Gasteiger partial charge on any atom is -0.366 e. The summed E-state index contributed by atoms with van der Waals surface area (Å²) in [5, 5.41) is 4.29. The molecule has 3 atom stereocenters. The third-order valence-corrected chi connectivity index (χ3v) is 8.79. The van der Waals surface area contributed by atoms with Crippen molar-refractivity contribution in [1.82, 2.24) is 10.2 Å². The number of piperidine rings is 3. The molecule has 1 aromatic carbocycles. The second-order valence-corrected chi connectivity index (χ2v) is 10.3. The van der Waals surface area contributed by atoms with Gasteiger partial charge in [-0.05, 0) is 63.0 Å². The molecule has 3 N–H and O–H groups in total. The highest BCUT2D eigenvalue weighted by atomic mass is 35.5. The van der Waals surface area contributed by atoms with Crippen molar-refractivity contribution in [1.29, 1.82) is 0 Å². The van der Waals surface area contributed by atoms with E-state index in [0.717, 1.165) is 9.92 Å². The second-order valence-electron chi connectivity index (χ2n) is 6.98. The Kier molecular flexibility index (Phi) is 4.73. The molecule has 4 aliphatic heterocycles. The number of amides is 1. The van der Waals surface area contributed by atoms with Crippen molar-refractivity contribution < 1.29 is 4.79 Å². The summed E-state index contributed by atoms with van der Waals surface area (Å²) in [5.74, 6) is 0.749. The van der Waals surface area contributed by atoms with Crippen LogP contribution in [0.5, 0.6) is 0 Å². The minimum absolute atomic E-state index is 0.304. The summed E-state index contributed by atoms with van der Waals surface area (Å²) in [4.78, 5) is 16.1. The Balaban J connectivity index is 1.67. The number of rotatable bonds is 4. The molecule has 0 aliphatic carbocycles. The Morgan fingerprint density at radius 3 is 2.60 bits per heavy atom.